The number of hydrogen-bond donors (Lipinski definition) is 2. The summed E-state index contributed by atoms with van der Waals surface area (Å²) in [5.41, 5.74) is 5.30. The number of hydrogen-bond acceptors (Lipinski definition) is 3. The van der Waals surface area contributed by atoms with Crippen LogP contribution in [0.1, 0.15) is 5.56 Å². The van der Waals surface area contributed by atoms with Crippen LogP contribution >= 0.6 is 0 Å². The minimum Gasteiger partial charge on any atom is -0.398 e. The van der Waals surface area contributed by atoms with Gasteiger partial charge in [0.2, 0.25) is 0 Å². The molecule has 0 spiro atoms. The van der Waals surface area contributed by atoms with E-state index in [4.69, 9.17) is 5.73 Å². The van der Waals surface area contributed by atoms with Crippen molar-refractivity contribution in [3.8, 4) is 0 Å². The van der Waals surface area contributed by atoms with Crippen LogP contribution in [0.2, 0.25) is 0 Å². The van der Waals surface area contributed by atoms with Gasteiger partial charge in [0.1, 0.15) is 22.2 Å². The van der Waals surface area contributed by atoms with Crippen LogP contribution in [0.3, 0.4) is 0 Å². The van der Waals surface area contributed by atoms with Crippen LogP contribution in [-0.2, 0) is 10.0 Å². The summed E-state index contributed by atoms with van der Waals surface area (Å²) >= 11 is 0. The Morgan fingerprint density at radius 2 is 1.60 bits per heavy atom. The molecule has 0 radical (unpaired) electrons. The second-order valence-corrected chi connectivity index (χ2v) is 5.81. The zero-order valence-corrected chi connectivity index (χ0v) is 11.3. The molecule has 0 saturated carbocycles. The number of benzene rings is 2. The van der Waals surface area contributed by atoms with Crippen molar-refractivity contribution < 1.29 is 17.2 Å². The Morgan fingerprint density at radius 3 is 2.15 bits per heavy atom. The highest BCUT2D eigenvalue weighted by atomic mass is 32.2. The molecule has 7 heteroatoms. The molecule has 106 valence electrons. The van der Waals surface area contributed by atoms with Gasteiger partial charge in [-0.3, -0.25) is 4.72 Å². The molecule has 3 N–H and O–H groups in total. The van der Waals surface area contributed by atoms with Gasteiger partial charge in [0, 0.05) is 0 Å². The summed E-state index contributed by atoms with van der Waals surface area (Å²) in [5.74, 6) is -2.00. The Bertz CT molecular complexity index is 720. The molecule has 2 rings (SSSR count). The number of rotatable bonds is 3. The molecule has 0 saturated heterocycles. The van der Waals surface area contributed by atoms with Crippen LogP contribution in [0.15, 0.2) is 41.3 Å². The van der Waals surface area contributed by atoms with Crippen molar-refractivity contribution in [1.82, 2.24) is 0 Å². The van der Waals surface area contributed by atoms with Crippen molar-refractivity contribution in [2.24, 2.45) is 0 Å². The van der Waals surface area contributed by atoms with Crippen molar-refractivity contribution >= 4 is 21.4 Å². The summed E-state index contributed by atoms with van der Waals surface area (Å²) in [4.78, 5) is -0.192. The molecule has 0 aliphatic heterocycles. The molecule has 2 aromatic rings. The first kappa shape index (κ1) is 14.3. The fourth-order valence-corrected chi connectivity index (χ4v) is 3.26. The van der Waals surface area contributed by atoms with E-state index in [1.54, 1.807) is 19.1 Å². The third-order valence-corrected chi connectivity index (χ3v) is 4.28. The van der Waals surface area contributed by atoms with Gasteiger partial charge in [0.15, 0.2) is 0 Å². The number of nitrogen functional groups attached to an aromatic ring is 1. The highest BCUT2D eigenvalue weighted by Crippen LogP contribution is 2.27. The number of sulfonamides is 1. The predicted octanol–water partition coefficient (Wildman–Crippen LogP) is 2.66. The Hall–Kier alpha value is -2.15. The topological polar surface area (TPSA) is 72.2 Å². The van der Waals surface area contributed by atoms with E-state index < -0.39 is 27.3 Å². The Balaban J connectivity index is 2.53. The van der Waals surface area contributed by atoms with E-state index in [9.17, 15) is 17.2 Å². The highest BCUT2D eigenvalue weighted by molar-refractivity contribution is 7.93. The van der Waals surface area contributed by atoms with Crippen molar-refractivity contribution in [3.05, 3.63) is 53.6 Å². The second kappa shape index (κ2) is 5.09. The summed E-state index contributed by atoms with van der Waals surface area (Å²) in [6.07, 6.45) is 0. The molecule has 0 amide bonds. The summed E-state index contributed by atoms with van der Waals surface area (Å²) in [5, 5.41) is 0. The Morgan fingerprint density at radius 1 is 1.05 bits per heavy atom. The lowest BCUT2D eigenvalue weighted by Crippen LogP contribution is -2.17. The van der Waals surface area contributed by atoms with Crippen LogP contribution in [0.5, 0.6) is 0 Å². The standard InChI is InChI=1S/C13H12F2N2O2S/c1-8-4-2-7-11(16)13(8)20(18,19)17-12-9(14)5-3-6-10(12)15/h2-7,17H,16H2,1H3. The van der Waals surface area contributed by atoms with E-state index >= 15 is 0 Å². The summed E-state index contributed by atoms with van der Waals surface area (Å²) < 4.78 is 53.3. The quantitative estimate of drug-likeness (QED) is 0.856. The molecular weight excluding hydrogens is 286 g/mol. The molecule has 0 aliphatic carbocycles. The molecule has 0 fully saturated rings. The minimum atomic E-state index is -4.17. The third-order valence-electron chi connectivity index (χ3n) is 2.71. The number of anilines is 2. The molecule has 0 aliphatic rings. The van der Waals surface area contributed by atoms with Crippen LogP contribution < -0.4 is 10.5 Å². The van der Waals surface area contributed by atoms with E-state index in [-0.39, 0.29) is 10.6 Å². The monoisotopic (exact) mass is 298 g/mol. The van der Waals surface area contributed by atoms with Gasteiger partial charge in [-0.15, -0.1) is 0 Å². The normalized spacial score (nSPS) is 11.3. The maximum absolute atomic E-state index is 13.5. The van der Waals surface area contributed by atoms with Crippen LogP contribution in [0, 0.1) is 18.6 Å². The second-order valence-electron chi connectivity index (χ2n) is 4.20. The van der Waals surface area contributed by atoms with Gasteiger partial charge < -0.3 is 5.73 Å². The van der Waals surface area contributed by atoms with Crippen LogP contribution in [-0.4, -0.2) is 8.42 Å². The third kappa shape index (κ3) is 2.57. The van der Waals surface area contributed by atoms with Crippen molar-refractivity contribution in [2.45, 2.75) is 11.8 Å². The fraction of sp³-hybridized carbons (Fsp3) is 0.0769. The first-order valence-corrected chi connectivity index (χ1v) is 7.13. The number of para-hydroxylation sites is 1. The predicted molar refractivity (Wildman–Crippen MR) is 72.8 cm³/mol. The lowest BCUT2D eigenvalue weighted by Gasteiger charge is -2.13. The van der Waals surface area contributed by atoms with Crippen LogP contribution in [0.4, 0.5) is 20.2 Å². The van der Waals surface area contributed by atoms with Crippen molar-refractivity contribution in [3.63, 3.8) is 0 Å². The minimum absolute atomic E-state index is 0.00856. The molecule has 4 nitrogen and oxygen atoms in total. The average molecular weight is 298 g/mol. The molecular formula is C13H12F2N2O2S. The van der Waals surface area contributed by atoms with Gasteiger partial charge in [-0.05, 0) is 30.7 Å². The lowest BCUT2D eigenvalue weighted by atomic mass is 10.2. The molecule has 0 bridgehead atoms. The van der Waals surface area contributed by atoms with Gasteiger partial charge in [0.25, 0.3) is 10.0 Å². The number of halogens is 2. The number of nitrogens with one attached hydrogen (secondary N) is 1. The highest BCUT2D eigenvalue weighted by Gasteiger charge is 2.23. The molecule has 0 aromatic heterocycles. The van der Waals surface area contributed by atoms with E-state index in [1.807, 2.05) is 4.72 Å². The Kier molecular flexibility index (Phi) is 3.63. The van der Waals surface area contributed by atoms with E-state index in [0.717, 1.165) is 18.2 Å². The van der Waals surface area contributed by atoms with Gasteiger partial charge in [-0.25, -0.2) is 17.2 Å². The van der Waals surface area contributed by atoms with Gasteiger partial charge >= 0.3 is 0 Å². The zero-order valence-electron chi connectivity index (χ0n) is 10.5. The fourth-order valence-electron chi connectivity index (χ4n) is 1.82. The summed E-state index contributed by atoms with van der Waals surface area (Å²) in [7, 11) is -4.17. The zero-order chi connectivity index (χ0) is 14.9. The van der Waals surface area contributed by atoms with Gasteiger partial charge in [-0.2, -0.15) is 0 Å². The largest absolute Gasteiger partial charge is 0.398 e. The molecule has 0 heterocycles. The van der Waals surface area contributed by atoms with Crippen molar-refractivity contribution in [2.75, 3.05) is 10.5 Å². The molecule has 0 atom stereocenters. The lowest BCUT2D eigenvalue weighted by molar-refractivity contribution is 0.583. The Labute approximate surface area is 115 Å². The SMILES string of the molecule is Cc1cccc(N)c1S(=O)(=O)Nc1c(F)cccc1F. The smallest absolute Gasteiger partial charge is 0.264 e. The molecule has 2 aromatic carbocycles. The maximum Gasteiger partial charge on any atom is 0.264 e. The first-order valence-electron chi connectivity index (χ1n) is 5.65. The maximum atomic E-state index is 13.5. The van der Waals surface area contributed by atoms with Gasteiger partial charge in [0.05, 0.1) is 5.69 Å². The first-order chi connectivity index (χ1) is 9.33. The number of nitrogens with two attached hydrogens (primary N) is 1. The van der Waals surface area contributed by atoms with Crippen LogP contribution in [0.25, 0.3) is 0 Å². The van der Waals surface area contributed by atoms with Gasteiger partial charge in [-0.1, -0.05) is 18.2 Å². The van der Waals surface area contributed by atoms with E-state index in [2.05, 4.69) is 0 Å². The average Bonchev–Trinajstić information content (AvgIpc) is 2.33. The molecule has 20 heavy (non-hydrogen) atoms. The van der Waals surface area contributed by atoms with E-state index in [1.165, 1.54) is 6.07 Å². The summed E-state index contributed by atoms with van der Waals surface area (Å²) in [6.45, 7) is 1.54. The number of aryl methyl sites for hydroxylation is 1. The summed E-state index contributed by atoms with van der Waals surface area (Å²) in [6, 6.07) is 7.60. The molecule has 0 unspecified atom stereocenters. The van der Waals surface area contributed by atoms with Crippen molar-refractivity contribution in [1.29, 1.82) is 0 Å². The van der Waals surface area contributed by atoms with E-state index in [0.29, 0.717) is 5.56 Å².